The van der Waals surface area contributed by atoms with Crippen LogP contribution in [0, 0.1) is 0 Å². The van der Waals surface area contributed by atoms with Crippen molar-refractivity contribution in [1.82, 2.24) is 4.98 Å². The van der Waals surface area contributed by atoms with Crippen molar-refractivity contribution in [1.29, 1.82) is 0 Å². The Kier molecular flexibility index (Phi) is 3.38. The highest BCUT2D eigenvalue weighted by molar-refractivity contribution is 6.61. The maximum absolute atomic E-state index is 5.97. The summed E-state index contributed by atoms with van der Waals surface area (Å²) in [5.41, 5.74) is 0.160. The average molecular weight is 248 g/mol. The number of anilines is 1. The lowest BCUT2D eigenvalue weighted by Crippen LogP contribution is -2.41. The van der Waals surface area contributed by atoms with Crippen LogP contribution in [0.1, 0.15) is 34.6 Å². The third kappa shape index (κ3) is 2.38. The van der Waals surface area contributed by atoms with Crippen LogP contribution in [-0.2, 0) is 9.31 Å². The summed E-state index contributed by atoms with van der Waals surface area (Å²) >= 11 is 0. The monoisotopic (exact) mass is 248 g/mol. The van der Waals surface area contributed by atoms with Gasteiger partial charge in [0.25, 0.3) is 0 Å². The predicted molar refractivity (Wildman–Crippen MR) is 74.1 cm³/mol. The molecule has 4 nitrogen and oxygen atoms in total. The fraction of sp³-hybridized carbons (Fsp3) is 0.615. The number of hydrogen-bond acceptors (Lipinski definition) is 4. The first-order valence-electron chi connectivity index (χ1n) is 6.42. The molecule has 0 aromatic carbocycles. The van der Waals surface area contributed by atoms with Crippen LogP contribution in [0.15, 0.2) is 18.2 Å². The van der Waals surface area contributed by atoms with Crippen LogP contribution >= 0.6 is 0 Å². The molecule has 0 bridgehead atoms. The molecule has 0 amide bonds. The minimum Gasteiger partial charge on any atom is -0.398 e. The van der Waals surface area contributed by atoms with Gasteiger partial charge < -0.3 is 14.6 Å². The van der Waals surface area contributed by atoms with Crippen LogP contribution in [0.4, 0.5) is 5.82 Å². The second-order valence-corrected chi connectivity index (χ2v) is 5.57. The van der Waals surface area contributed by atoms with Crippen molar-refractivity contribution in [2.45, 2.75) is 45.8 Å². The molecule has 0 atom stereocenters. The van der Waals surface area contributed by atoms with E-state index in [0.29, 0.717) is 0 Å². The fourth-order valence-electron chi connectivity index (χ4n) is 1.83. The second-order valence-electron chi connectivity index (χ2n) is 5.57. The summed E-state index contributed by atoms with van der Waals surface area (Å²) in [4.78, 5) is 4.51. The number of pyridine rings is 1. The van der Waals surface area contributed by atoms with E-state index < -0.39 is 7.12 Å². The lowest BCUT2D eigenvalue weighted by Gasteiger charge is -2.32. The van der Waals surface area contributed by atoms with E-state index in [1.807, 2.05) is 52.8 Å². The Morgan fingerprint density at radius 2 is 1.78 bits per heavy atom. The average Bonchev–Trinajstić information content (AvgIpc) is 2.49. The van der Waals surface area contributed by atoms with Crippen molar-refractivity contribution in [2.75, 3.05) is 11.9 Å². The summed E-state index contributed by atoms with van der Waals surface area (Å²) in [5, 5.41) is 3.19. The van der Waals surface area contributed by atoms with Gasteiger partial charge in [-0.15, -0.1) is 0 Å². The van der Waals surface area contributed by atoms with E-state index in [4.69, 9.17) is 9.31 Å². The predicted octanol–water partition coefficient (Wildman–Crippen LogP) is 1.81. The van der Waals surface area contributed by atoms with Gasteiger partial charge in [-0.2, -0.15) is 0 Å². The lowest BCUT2D eigenvalue weighted by atomic mass is 9.84. The van der Waals surface area contributed by atoms with Crippen LogP contribution in [-0.4, -0.2) is 29.8 Å². The summed E-state index contributed by atoms with van der Waals surface area (Å²) in [6.45, 7) is 11.1. The Hall–Kier alpha value is -1.07. The SMILES string of the molecule is CCNc1cccc(B2OC(C)(C)C(C)(C)O2)n1. The number of hydrogen-bond donors (Lipinski definition) is 1. The summed E-state index contributed by atoms with van der Waals surface area (Å²) in [7, 11) is -0.395. The fourth-order valence-corrected chi connectivity index (χ4v) is 1.83. The maximum Gasteiger partial charge on any atom is 0.514 e. The van der Waals surface area contributed by atoms with Crippen LogP contribution < -0.4 is 10.9 Å². The van der Waals surface area contributed by atoms with Gasteiger partial charge >= 0.3 is 7.12 Å². The van der Waals surface area contributed by atoms with Crippen molar-refractivity contribution in [3.8, 4) is 0 Å². The molecule has 1 fully saturated rings. The van der Waals surface area contributed by atoms with Gasteiger partial charge in [0.1, 0.15) is 5.82 Å². The van der Waals surface area contributed by atoms with Gasteiger partial charge in [0, 0.05) is 6.54 Å². The lowest BCUT2D eigenvalue weighted by molar-refractivity contribution is 0.00578. The van der Waals surface area contributed by atoms with Gasteiger partial charge in [0.05, 0.1) is 16.8 Å². The van der Waals surface area contributed by atoms with Crippen LogP contribution in [0.3, 0.4) is 0 Å². The molecule has 1 N–H and O–H groups in total. The van der Waals surface area contributed by atoms with Gasteiger partial charge in [0.15, 0.2) is 0 Å². The molecule has 98 valence electrons. The summed E-state index contributed by atoms with van der Waals surface area (Å²) in [5.74, 6) is 0.852. The molecule has 1 aliphatic rings. The van der Waals surface area contributed by atoms with Crippen molar-refractivity contribution in [3.63, 3.8) is 0 Å². The number of aromatic nitrogens is 1. The second kappa shape index (κ2) is 4.55. The third-order valence-electron chi connectivity index (χ3n) is 3.62. The molecular weight excluding hydrogens is 227 g/mol. The zero-order valence-electron chi connectivity index (χ0n) is 11.8. The summed E-state index contributed by atoms with van der Waals surface area (Å²) in [6.07, 6.45) is 0. The van der Waals surface area contributed by atoms with Crippen LogP contribution in [0.2, 0.25) is 0 Å². The Morgan fingerprint density at radius 1 is 1.17 bits per heavy atom. The van der Waals surface area contributed by atoms with E-state index in [1.165, 1.54) is 0 Å². The molecule has 5 heteroatoms. The zero-order valence-corrected chi connectivity index (χ0v) is 11.8. The standard InChI is InChI=1S/C13H21BN2O2/c1-6-15-11-9-7-8-10(16-11)14-17-12(2,3)13(4,5)18-14/h7-9H,6H2,1-5H3,(H,15,16). The first-order valence-corrected chi connectivity index (χ1v) is 6.42. The molecule has 2 rings (SSSR count). The van der Waals surface area contributed by atoms with Gasteiger partial charge in [-0.1, -0.05) is 6.07 Å². The number of nitrogens with one attached hydrogen (secondary N) is 1. The van der Waals surface area contributed by atoms with E-state index in [0.717, 1.165) is 18.0 Å². The van der Waals surface area contributed by atoms with Gasteiger partial charge in [-0.25, -0.2) is 4.98 Å². The van der Waals surface area contributed by atoms with Crippen molar-refractivity contribution >= 4 is 18.5 Å². The quantitative estimate of drug-likeness (QED) is 0.828. The highest BCUT2D eigenvalue weighted by Gasteiger charge is 2.52. The molecule has 0 unspecified atom stereocenters. The molecule has 0 saturated carbocycles. The molecule has 1 saturated heterocycles. The molecular formula is C13H21BN2O2. The molecule has 1 aromatic rings. The molecule has 2 heterocycles. The van der Waals surface area contributed by atoms with Crippen LogP contribution in [0.5, 0.6) is 0 Å². The highest BCUT2D eigenvalue weighted by Crippen LogP contribution is 2.36. The normalized spacial score (nSPS) is 21.1. The summed E-state index contributed by atoms with van der Waals surface area (Å²) < 4.78 is 11.9. The van der Waals surface area contributed by atoms with E-state index in [9.17, 15) is 0 Å². The van der Waals surface area contributed by atoms with Crippen LogP contribution in [0.25, 0.3) is 0 Å². The molecule has 1 aliphatic heterocycles. The zero-order chi connectivity index (χ0) is 13.4. The maximum atomic E-state index is 5.97. The van der Waals surface area contributed by atoms with Crippen molar-refractivity contribution in [3.05, 3.63) is 18.2 Å². The first-order chi connectivity index (χ1) is 8.36. The molecule has 0 spiro atoms. The number of rotatable bonds is 3. The van der Waals surface area contributed by atoms with E-state index >= 15 is 0 Å². The topological polar surface area (TPSA) is 43.4 Å². The van der Waals surface area contributed by atoms with Crippen molar-refractivity contribution < 1.29 is 9.31 Å². The Bertz CT molecular complexity index is 419. The molecule has 0 aliphatic carbocycles. The van der Waals surface area contributed by atoms with E-state index in [2.05, 4.69) is 10.3 Å². The smallest absolute Gasteiger partial charge is 0.398 e. The minimum absolute atomic E-state index is 0.326. The summed E-state index contributed by atoms with van der Waals surface area (Å²) in [6, 6.07) is 5.84. The highest BCUT2D eigenvalue weighted by atomic mass is 16.7. The largest absolute Gasteiger partial charge is 0.514 e. The van der Waals surface area contributed by atoms with Gasteiger partial charge in [-0.05, 0) is 46.8 Å². The van der Waals surface area contributed by atoms with Crippen molar-refractivity contribution in [2.24, 2.45) is 0 Å². The first kappa shape index (κ1) is 13.4. The third-order valence-corrected chi connectivity index (χ3v) is 3.62. The van der Waals surface area contributed by atoms with E-state index in [-0.39, 0.29) is 11.2 Å². The Balaban J connectivity index is 2.21. The minimum atomic E-state index is -0.395. The molecule has 18 heavy (non-hydrogen) atoms. The molecule has 0 radical (unpaired) electrons. The van der Waals surface area contributed by atoms with E-state index in [1.54, 1.807) is 0 Å². The Labute approximate surface area is 109 Å². The number of nitrogens with zero attached hydrogens (tertiary/aromatic N) is 1. The molecule has 1 aromatic heterocycles. The Morgan fingerprint density at radius 3 is 2.33 bits per heavy atom. The van der Waals surface area contributed by atoms with Gasteiger partial charge in [0.2, 0.25) is 0 Å². The van der Waals surface area contributed by atoms with Gasteiger partial charge in [-0.3, -0.25) is 0 Å².